The third-order valence-corrected chi connectivity index (χ3v) is 2.66. The van der Waals surface area contributed by atoms with E-state index in [1.54, 1.807) is 0 Å². The van der Waals surface area contributed by atoms with E-state index in [-0.39, 0.29) is 0 Å². The molecule has 96 valence electrons. The normalized spacial score (nSPS) is 10.6. The lowest BCUT2D eigenvalue weighted by molar-refractivity contribution is 0.480. The summed E-state index contributed by atoms with van der Waals surface area (Å²) in [5.41, 5.74) is 6.54. The van der Waals surface area contributed by atoms with Crippen molar-refractivity contribution in [2.75, 3.05) is 18.5 Å². The van der Waals surface area contributed by atoms with Crippen molar-refractivity contribution in [3.8, 4) is 0 Å². The molecule has 0 amide bonds. The Kier molecular flexibility index (Phi) is 3.94. The highest BCUT2D eigenvalue weighted by molar-refractivity contribution is 5.29. The first-order valence-corrected chi connectivity index (χ1v) is 5.96. The minimum atomic E-state index is 0.615. The Morgan fingerprint density at radius 1 is 1.28 bits per heavy atom. The lowest BCUT2D eigenvalue weighted by atomic mass is 10.2. The van der Waals surface area contributed by atoms with Gasteiger partial charge in [0.25, 0.3) is 0 Å². The zero-order valence-electron chi connectivity index (χ0n) is 10.8. The molecule has 0 radical (unpaired) electrons. The Balaban J connectivity index is 2.02. The summed E-state index contributed by atoms with van der Waals surface area (Å²) < 4.78 is 5.52. The van der Waals surface area contributed by atoms with Crippen molar-refractivity contribution in [1.29, 1.82) is 0 Å². The van der Waals surface area contributed by atoms with Crippen LogP contribution in [0.4, 0.5) is 5.95 Å². The minimum Gasteiger partial charge on any atom is -0.464 e. The molecular weight excluding hydrogens is 228 g/mol. The number of anilines is 1. The van der Waals surface area contributed by atoms with E-state index in [1.807, 2.05) is 43.4 Å². The molecule has 0 aliphatic heterocycles. The molecule has 2 rings (SSSR count). The van der Waals surface area contributed by atoms with Crippen LogP contribution in [0.5, 0.6) is 0 Å². The van der Waals surface area contributed by atoms with Gasteiger partial charge in [0.1, 0.15) is 11.5 Å². The molecule has 0 spiro atoms. The Morgan fingerprint density at radius 2 is 2.00 bits per heavy atom. The Bertz CT molecular complexity index is 492. The van der Waals surface area contributed by atoms with E-state index in [0.29, 0.717) is 19.0 Å². The minimum absolute atomic E-state index is 0.615. The summed E-state index contributed by atoms with van der Waals surface area (Å²) in [6, 6.07) is 3.92. The van der Waals surface area contributed by atoms with Crippen LogP contribution in [0, 0.1) is 6.92 Å². The molecule has 0 bridgehead atoms. The van der Waals surface area contributed by atoms with Gasteiger partial charge in [-0.05, 0) is 37.6 Å². The van der Waals surface area contributed by atoms with Crippen LogP contribution < -0.4 is 10.6 Å². The topological polar surface area (TPSA) is 68.2 Å². The summed E-state index contributed by atoms with van der Waals surface area (Å²) in [6.45, 7) is 3.20. The van der Waals surface area contributed by atoms with Crippen LogP contribution in [0.2, 0.25) is 0 Å². The second-order valence-electron chi connectivity index (χ2n) is 4.30. The van der Waals surface area contributed by atoms with Crippen molar-refractivity contribution < 1.29 is 4.42 Å². The molecule has 0 saturated carbocycles. The third-order valence-electron chi connectivity index (χ3n) is 2.66. The zero-order chi connectivity index (χ0) is 13.0. The van der Waals surface area contributed by atoms with Crippen molar-refractivity contribution >= 4 is 5.95 Å². The van der Waals surface area contributed by atoms with Gasteiger partial charge in [0, 0.05) is 19.4 Å². The van der Waals surface area contributed by atoms with Crippen LogP contribution in [-0.4, -0.2) is 23.6 Å². The molecule has 2 aromatic heterocycles. The molecular formula is C13H18N4O. The van der Waals surface area contributed by atoms with Crippen LogP contribution in [0.25, 0.3) is 0 Å². The first kappa shape index (κ1) is 12.6. The quantitative estimate of drug-likeness (QED) is 0.866. The molecule has 0 atom stereocenters. The smallest absolute Gasteiger partial charge is 0.225 e. The highest BCUT2D eigenvalue weighted by Crippen LogP contribution is 2.12. The average Bonchev–Trinajstić information content (AvgIpc) is 2.76. The number of furan rings is 1. The van der Waals surface area contributed by atoms with Gasteiger partial charge in [0.2, 0.25) is 5.95 Å². The largest absolute Gasteiger partial charge is 0.464 e. The molecule has 5 nitrogen and oxygen atoms in total. The van der Waals surface area contributed by atoms with Crippen LogP contribution >= 0.6 is 0 Å². The first-order chi connectivity index (χ1) is 8.69. The summed E-state index contributed by atoms with van der Waals surface area (Å²) >= 11 is 0. The second kappa shape index (κ2) is 5.64. The van der Waals surface area contributed by atoms with Gasteiger partial charge >= 0.3 is 0 Å². The van der Waals surface area contributed by atoms with Gasteiger partial charge in [-0.2, -0.15) is 0 Å². The van der Waals surface area contributed by atoms with Gasteiger partial charge in [-0.3, -0.25) is 0 Å². The summed E-state index contributed by atoms with van der Waals surface area (Å²) in [4.78, 5) is 10.6. The fraction of sp³-hybridized carbons (Fsp3) is 0.385. The second-order valence-corrected chi connectivity index (χ2v) is 4.30. The van der Waals surface area contributed by atoms with Gasteiger partial charge in [-0.1, -0.05) is 0 Å². The van der Waals surface area contributed by atoms with E-state index >= 15 is 0 Å². The summed E-state index contributed by atoms with van der Waals surface area (Å²) in [5, 5.41) is 0. The van der Waals surface area contributed by atoms with Gasteiger partial charge in [0.15, 0.2) is 0 Å². The molecule has 2 heterocycles. The maximum absolute atomic E-state index is 5.52. The van der Waals surface area contributed by atoms with E-state index in [9.17, 15) is 0 Å². The fourth-order valence-electron chi connectivity index (χ4n) is 1.72. The SMILES string of the molecule is Cc1ccc(CN(C)c2ncc(CCN)cn2)o1. The molecule has 0 saturated heterocycles. The Morgan fingerprint density at radius 3 is 2.56 bits per heavy atom. The summed E-state index contributed by atoms with van der Waals surface area (Å²) in [7, 11) is 1.94. The number of nitrogens with two attached hydrogens (primary N) is 1. The average molecular weight is 246 g/mol. The molecule has 18 heavy (non-hydrogen) atoms. The molecule has 2 N–H and O–H groups in total. The molecule has 0 unspecified atom stereocenters. The van der Waals surface area contributed by atoms with Crippen molar-refractivity contribution in [2.45, 2.75) is 19.9 Å². The number of hydrogen-bond acceptors (Lipinski definition) is 5. The Labute approximate surface area is 107 Å². The van der Waals surface area contributed by atoms with Crippen LogP contribution in [0.15, 0.2) is 28.9 Å². The molecule has 0 aromatic carbocycles. The van der Waals surface area contributed by atoms with Crippen molar-refractivity contribution in [3.63, 3.8) is 0 Å². The number of rotatable bonds is 5. The van der Waals surface area contributed by atoms with Crippen molar-refractivity contribution in [3.05, 3.63) is 41.6 Å². The molecule has 2 aromatic rings. The molecule has 0 fully saturated rings. The van der Waals surface area contributed by atoms with Gasteiger partial charge in [-0.25, -0.2) is 9.97 Å². The van der Waals surface area contributed by atoms with Gasteiger partial charge in [0.05, 0.1) is 6.54 Å². The first-order valence-electron chi connectivity index (χ1n) is 5.96. The standard InChI is InChI=1S/C13H18N4O/c1-10-3-4-12(18-10)9-17(2)13-15-7-11(5-6-14)8-16-13/h3-4,7-8H,5-6,9,14H2,1-2H3. The van der Waals surface area contributed by atoms with E-state index in [2.05, 4.69) is 9.97 Å². The fourth-order valence-corrected chi connectivity index (χ4v) is 1.72. The van der Waals surface area contributed by atoms with E-state index < -0.39 is 0 Å². The van der Waals surface area contributed by atoms with E-state index in [4.69, 9.17) is 10.2 Å². The Hall–Kier alpha value is -1.88. The number of hydrogen-bond donors (Lipinski definition) is 1. The predicted molar refractivity (Wildman–Crippen MR) is 70.3 cm³/mol. The van der Waals surface area contributed by atoms with Crippen molar-refractivity contribution in [1.82, 2.24) is 9.97 Å². The molecule has 0 aliphatic rings. The summed E-state index contributed by atoms with van der Waals surface area (Å²) in [6.07, 6.45) is 4.44. The van der Waals surface area contributed by atoms with Crippen LogP contribution in [0.3, 0.4) is 0 Å². The number of nitrogens with zero attached hydrogens (tertiary/aromatic N) is 3. The van der Waals surface area contributed by atoms with Crippen molar-refractivity contribution in [2.24, 2.45) is 5.73 Å². The number of aryl methyl sites for hydroxylation is 1. The lowest BCUT2D eigenvalue weighted by Gasteiger charge is -2.15. The maximum Gasteiger partial charge on any atom is 0.225 e. The van der Waals surface area contributed by atoms with Crippen LogP contribution in [-0.2, 0) is 13.0 Å². The maximum atomic E-state index is 5.52. The zero-order valence-corrected chi connectivity index (χ0v) is 10.8. The van der Waals surface area contributed by atoms with Gasteiger partial charge in [-0.15, -0.1) is 0 Å². The third kappa shape index (κ3) is 3.07. The molecule has 0 aliphatic carbocycles. The van der Waals surface area contributed by atoms with Crippen LogP contribution in [0.1, 0.15) is 17.1 Å². The predicted octanol–water partition coefficient (Wildman–Crippen LogP) is 1.52. The van der Waals surface area contributed by atoms with E-state index in [1.165, 1.54) is 0 Å². The highest BCUT2D eigenvalue weighted by Gasteiger charge is 2.07. The summed E-state index contributed by atoms with van der Waals surface area (Å²) in [5.74, 6) is 2.51. The lowest BCUT2D eigenvalue weighted by Crippen LogP contribution is -2.19. The van der Waals surface area contributed by atoms with E-state index in [0.717, 1.165) is 23.5 Å². The monoisotopic (exact) mass is 246 g/mol. The van der Waals surface area contributed by atoms with Gasteiger partial charge < -0.3 is 15.1 Å². The highest BCUT2D eigenvalue weighted by atomic mass is 16.3. The molecule has 5 heteroatoms. The number of aromatic nitrogens is 2.